The lowest BCUT2D eigenvalue weighted by atomic mass is 10.0. The van der Waals surface area contributed by atoms with Gasteiger partial charge in [-0.3, -0.25) is 9.48 Å². The van der Waals surface area contributed by atoms with E-state index in [1.54, 1.807) is 16.8 Å². The Hall–Kier alpha value is -1.13. The molecule has 1 aromatic carbocycles. The zero-order valence-corrected chi connectivity index (χ0v) is 14.0. The van der Waals surface area contributed by atoms with Crippen LogP contribution in [0.4, 0.5) is 0 Å². The molecule has 0 radical (unpaired) electrons. The maximum atomic E-state index is 12.5. The fourth-order valence-electron chi connectivity index (χ4n) is 2.17. The molecule has 0 aliphatic carbocycles. The molecule has 0 atom stereocenters. The third-order valence-electron chi connectivity index (χ3n) is 3.40. The number of hydrogen-bond acceptors (Lipinski definition) is 2. The first-order valence-corrected chi connectivity index (χ1v) is 7.61. The Kier molecular flexibility index (Phi) is 4.66. The van der Waals surface area contributed by atoms with E-state index in [0.717, 1.165) is 27.8 Å². The van der Waals surface area contributed by atoms with Crippen LogP contribution in [-0.2, 0) is 19.9 Å². The number of nitrogens with zero attached hydrogens (tertiary/aromatic N) is 2. The van der Waals surface area contributed by atoms with Gasteiger partial charge in [0.2, 0.25) is 0 Å². The summed E-state index contributed by atoms with van der Waals surface area (Å²) < 4.78 is 2.69. The van der Waals surface area contributed by atoms with Gasteiger partial charge in [0.15, 0.2) is 5.78 Å². The maximum absolute atomic E-state index is 12.5. The Bertz CT molecular complexity index is 664. The molecule has 0 N–H and O–H groups in total. The molecular formula is C15H16BrClN2O. The van der Waals surface area contributed by atoms with E-state index in [4.69, 9.17) is 11.6 Å². The normalized spacial score (nSPS) is 10.8. The van der Waals surface area contributed by atoms with E-state index in [1.165, 1.54) is 0 Å². The smallest absolute Gasteiger partial charge is 0.169 e. The largest absolute Gasteiger partial charge is 0.294 e. The second-order valence-electron chi connectivity index (χ2n) is 4.70. The van der Waals surface area contributed by atoms with Crippen molar-refractivity contribution < 1.29 is 4.79 Å². The van der Waals surface area contributed by atoms with Gasteiger partial charge in [-0.1, -0.05) is 30.7 Å². The molecular weight excluding hydrogens is 340 g/mol. The number of carbonyl (C=O) groups excluding carboxylic acids is 1. The highest BCUT2D eigenvalue weighted by Crippen LogP contribution is 2.25. The third kappa shape index (κ3) is 2.81. The molecule has 0 bridgehead atoms. The molecule has 0 aliphatic rings. The van der Waals surface area contributed by atoms with Gasteiger partial charge in [-0.25, -0.2) is 0 Å². The molecule has 1 aromatic heterocycles. The molecule has 0 unspecified atom stereocenters. The Morgan fingerprint density at radius 2 is 2.15 bits per heavy atom. The van der Waals surface area contributed by atoms with Crippen LogP contribution in [0.3, 0.4) is 0 Å². The maximum Gasteiger partial charge on any atom is 0.169 e. The zero-order chi connectivity index (χ0) is 14.9. The number of carbonyl (C=O) groups is 1. The van der Waals surface area contributed by atoms with Crippen molar-refractivity contribution >= 4 is 33.3 Å². The van der Waals surface area contributed by atoms with Crippen molar-refractivity contribution in [3.63, 3.8) is 0 Å². The highest BCUT2D eigenvalue weighted by Gasteiger charge is 2.18. The minimum Gasteiger partial charge on any atom is -0.294 e. The van der Waals surface area contributed by atoms with Crippen LogP contribution in [0.2, 0.25) is 5.02 Å². The molecule has 5 heteroatoms. The Balaban J connectivity index is 2.33. The third-order valence-corrected chi connectivity index (χ3v) is 4.72. The zero-order valence-electron chi connectivity index (χ0n) is 11.7. The van der Waals surface area contributed by atoms with Gasteiger partial charge in [0, 0.05) is 17.6 Å². The van der Waals surface area contributed by atoms with E-state index >= 15 is 0 Å². The van der Waals surface area contributed by atoms with Crippen molar-refractivity contribution in [2.45, 2.75) is 26.7 Å². The van der Waals surface area contributed by atoms with Crippen molar-refractivity contribution in [2.24, 2.45) is 7.05 Å². The average Bonchev–Trinajstić information content (AvgIpc) is 2.69. The van der Waals surface area contributed by atoms with Crippen LogP contribution >= 0.6 is 27.5 Å². The Labute approximate surface area is 132 Å². The summed E-state index contributed by atoms with van der Waals surface area (Å²) in [5, 5.41) is 5.03. The van der Waals surface area contributed by atoms with Crippen molar-refractivity contribution in [1.82, 2.24) is 9.78 Å². The summed E-state index contributed by atoms with van der Waals surface area (Å²) >= 11 is 9.61. The average molecular weight is 356 g/mol. The summed E-state index contributed by atoms with van der Waals surface area (Å²) in [6.07, 6.45) is 1.14. The van der Waals surface area contributed by atoms with Crippen molar-refractivity contribution in [2.75, 3.05) is 0 Å². The van der Waals surface area contributed by atoms with Gasteiger partial charge < -0.3 is 0 Å². The molecule has 20 heavy (non-hydrogen) atoms. The van der Waals surface area contributed by atoms with E-state index < -0.39 is 0 Å². The van der Waals surface area contributed by atoms with Crippen LogP contribution in [0.5, 0.6) is 0 Å². The van der Waals surface area contributed by atoms with Crippen molar-refractivity contribution in [1.29, 1.82) is 0 Å². The quantitative estimate of drug-likeness (QED) is 0.773. The second kappa shape index (κ2) is 6.10. The van der Waals surface area contributed by atoms with E-state index in [-0.39, 0.29) is 5.78 Å². The van der Waals surface area contributed by atoms with Crippen molar-refractivity contribution in [3.8, 4) is 0 Å². The van der Waals surface area contributed by atoms with Crippen LogP contribution in [-0.4, -0.2) is 15.6 Å². The molecule has 106 valence electrons. The first-order chi connectivity index (χ1) is 9.45. The van der Waals surface area contributed by atoms with E-state index in [2.05, 4.69) is 21.0 Å². The highest BCUT2D eigenvalue weighted by atomic mass is 79.9. The summed E-state index contributed by atoms with van der Waals surface area (Å²) in [5.41, 5.74) is 3.36. The summed E-state index contributed by atoms with van der Waals surface area (Å²) in [5.74, 6) is 0.0522. The predicted octanol–water partition coefficient (Wildman–Crippen LogP) is 4.13. The summed E-state index contributed by atoms with van der Waals surface area (Å²) in [6.45, 7) is 3.91. The summed E-state index contributed by atoms with van der Waals surface area (Å²) in [6, 6.07) is 5.41. The molecule has 0 fully saturated rings. The molecule has 0 aliphatic heterocycles. The van der Waals surface area contributed by atoms with Crippen molar-refractivity contribution in [3.05, 3.63) is 50.2 Å². The molecule has 0 saturated heterocycles. The number of rotatable bonds is 4. The van der Waals surface area contributed by atoms with Gasteiger partial charge in [-0.2, -0.15) is 5.10 Å². The summed E-state index contributed by atoms with van der Waals surface area (Å²) in [7, 11) is 1.86. The van der Waals surface area contributed by atoms with E-state index in [0.29, 0.717) is 17.0 Å². The van der Waals surface area contributed by atoms with Crippen LogP contribution in [0, 0.1) is 6.92 Å². The summed E-state index contributed by atoms with van der Waals surface area (Å²) in [4.78, 5) is 12.5. The first-order valence-electron chi connectivity index (χ1n) is 6.44. The lowest BCUT2D eigenvalue weighted by Crippen LogP contribution is -2.10. The fourth-order valence-corrected chi connectivity index (χ4v) is 3.10. The van der Waals surface area contributed by atoms with Crippen LogP contribution in [0.1, 0.15) is 34.2 Å². The number of Topliss-reactive ketones (excluding diaryl/α,β-unsaturated/α-hetero) is 1. The standard InChI is InChI=1S/C15H16BrClN2O/c1-4-12-15(16)13(19(3)18-12)8-14(20)10-6-5-7-11(17)9(10)2/h5-7H,4,8H2,1-3H3. The number of aromatic nitrogens is 2. The van der Waals surface area contributed by atoms with Crippen LogP contribution in [0.25, 0.3) is 0 Å². The predicted molar refractivity (Wildman–Crippen MR) is 84.5 cm³/mol. The highest BCUT2D eigenvalue weighted by molar-refractivity contribution is 9.10. The van der Waals surface area contributed by atoms with Crippen LogP contribution < -0.4 is 0 Å². The lowest BCUT2D eigenvalue weighted by molar-refractivity contribution is 0.0990. The van der Waals surface area contributed by atoms with E-state index in [1.807, 2.05) is 27.0 Å². The Morgan fingerprint density at radius 3 is 2.75 bits per heavy atom. The molecule has 2 aromatic rings. The molecule has 0 amide bonds. The molecule has 0 spiro atoms. The minimum atomic E-state index is 0.0522. The van der Waals surface area contributed by atoms with Gasteiger partial charge in [0.25, 0.3) is 0 Å². The van der Waals surface area contributed by atoms with E-state index in [9.17, 15) is 4.79 Å². The Morgan fingerprint density at radius 1 is 1.45 bits per heavy atom. The number of aryl methyl sites for hydroxylation is 2. The molecule has 0 saturated carbocycles. The lowest BCUT2D eigenvalue weighted by Gasteiger charge is -2.07. The number of halogens is 2. The topological polar surface area (TPSA) is 34.9 Å². The van der Waals surface area contributed by atoms with Gasteiger partial charge >= 0.3 is 0 Å². The van der Waals surface area contributed by atoms with Gasteiger partial charge in [-0.15, -0.1) is 0 Å². The fraction of sp³-hybridized carbons (Fsp3) is 0.333. The second-order valence-corrected chi connectivity index (χ2v) is 5.90. The molecule has 1 heterocycles. The SMILES string of the molecule is CCc1nn(C)c(CC(=O)c2cccc(Cl)c2C)c1Br. The van der Waals surface area contributed by atoms with Crippen LogP contribution in [0.15, 0.2) is 22.7 Å². The number of hydrogen-bond donors (Lipinski definition) is 0. The minimum absolute atomic E-state index is 0.0522. The first kappa shape index (κ1) is 15.3. The number of ketones is 1. The van der Waals surface area contributed by atoms with Gasteiger partial charge in [-0.05, 0) is 40.9 Å². The molecule has 2 rings (SSSR count). The molecule has 3 nitrogen and oxygen atoms in total. The monoisotopic (exact) mass is 354 g/mol. The van der Waals surface area contributed by atoms with Gasteiger partial charge in [0.1, 0.15) is 0 Å². The number of benzene rings is 1. The van der Waals surface area contributed by atoms with Gasteiger partial charge in [0.05, 0.1) is 22.3 Å².